The number of aromatic nitrogens is 1. The largest absolute Gasteiger partial charge is 0.490 e. The van der Waals surface area contributed by atoms with Gasteiger partial charge in [0.25, 0.3) is 5.91 Å². The van der Waals surface area contributed by atoms with E-state index < -0.39 is 0 Å². The summed E-state index contributed by atoms with van der Waals surface area (Å²) >= 11 is 1.57. The molecule has 5 nitrogen and oxygen atoms in total. The van der Waals surface area contributed by atoms with Gasteiger partial charge in [-0.2, -0.15) is 0 Å². The van der Waals surface area contributed by atoms with Crippen molar-refractivity contribution in [2.24, 2.45) is 0 Å². The van der Waals surface area contributed by atoms with E-state index in [1.54, 1.807) is 16.8 Å². The highest BCUT2D eigenvalue weighted by atomic mass is 32.1. The number of carbonyl (C=O) groups excluding carboxylic acids is 1. The number of nitrogens with one attached hydrogen (secondary N) is 1. The van der Waals surface area contributed by atoms with E-state index in [0.717, 1.165) is 47.6 Å². The van der Waals surface area contributed by atoms with E-state index in [2.05, 4.69) is 22.2 Å². The van der Waals surface area contributed by atoms with Crippen LogP contribution in [0.4, 0.5) is 5.69 Å². The van der Waals surface area contributed by atoms with Crippen LogP contribution in [0.1, 0.15) is 23.2 Å². The summed E-state index contributed by atoms with van der Waals surface area (Å²) in [6.07, 6.45) is 2.37. The molecule has 2 aromatic carbocycles. The average Bonchev–Trinajstić information content (AvgIpc) is 3.13. The molecular formula is C20H21N3O2S. The minimum absolute atomic E-state index is 0.135. The standard InChI is InChI=1S/C20H21N3O2S/c1-23-10-8-17(9-11-23)25-16-5-3-15(4-6-16)22-20(24)14-2-7-19-18(12-14)21-13-26-19/h2-7,12-13,17H,8-11H2,1H3,(H,22,24). The molecule has 0 unspecified atom stereocenters. The number of benzene rings is 2. The highest BCUT2D eigenvalue weighted by Crippen LogP contribution is 2.22. The Bertz CT molecular complexity index is 899. The SMILES string of the molecule is CN1CCC(Oc2ccc(NC(=O)c3ccc4scnc4c3)cc2)CC1. The second-order valence-electron chi connectivity index (χ2n) is 6.63. The number of hydrogen-bond acceptors (Lipinski definition) is 5. The minimum Gasteiger partial charge on any atom is -0.490 e. The van der Waals surface area contributed by atoms with E-state index >= 15 is 0 Å². The molecule has 1 N–H and O–H groups in total. The van der Waals surface area contributed by atoms with Crippen LogP contribution in [0, 0.1) is 0 Å². The van der Waals surface area contributed by atoms with Gasteiger partial charge in [0, 0.05) is 24.3 Å². The van der Waals surface area contributed by atoms with Crippen LogP contribution in [-0.2, 0) is 0 Å². The number of hydrogen-bond donors (Lipinski definition) is 1. The summed E-state index contributed by atoms with van der Waals surface area (Å²) in [5.41, 5.74) is 4.00. The van der Waals surface area contributed by atoms with Crippen LogP contribution in [0.3, 0.4) is 0 Å². The fraction of sp³-hybridized carbons (Fsp3) is 0.300. The fourth-order valence-corrected chi connectivity index (χ4v) is 3.77. The number of rotatable bonds is 4. The fourth-order valence-electron chi connectivity index (χ4n) is 3.11. The monoisotopic (exact) mass is 367 g/mol. The molecule has 0 aliphatic carbocycles. The number of fused-ring (bicyclic) bond motifs is 1. The van der Waals surface area contributed by atoms with Gasteiger partial charge in [-0.05, 0) is 62.4 Å². The van der Waals surface area contributed by atoms with Crippen LogP contribution in [0.15, 0.2) is 48.0 Å². The number of likely N-dealkylation sites (tertiary alicyclic amines) is 1. The first-order valence-corrected chi connectivity index (χ1v) is 9.65. The molecule has 1 saturated heterocycles. The predicted octanol–water partition coefficient (Wildman–Crippen LogP) is 4.02. The maximum atomic E-state index is 12.4. The number of piperidine rings is 1. The van der Waals surface area contributed by atoms with Crippen molar-refractivity contribution in [1.29, 1.82) is 0 Å². The smallest absolute Gasteiger partial charge is 0.255 e. The van der Waals surface area contributed by atoms with E-state index in [0.29, 0.717) is 5.56 Å². The molecule has 0 bridgehead atoms. The molecule has 1 fully saturated rings. The first kappa shape index (κ1) is 17.0. The number of ether oxygens (including phenoxy) is 1. The van der Waals surface area contributed by atoms with Crippen LogP contribution < -0.4 is 10.1 Å². The maximum Gasteiger partial charge on any atom is 0.255 e. The molecule has 1 aromatic heterocycles. The van der Waals surface area contributed by atoms with Gasteiger partial charge in [0.2, 0.25) is 0 Å². The average molecular weight is 367 g/mol. The number of nitrogens with zero attached hydrogens (tertiary/aromatic N) is 2. The summed E-state index contributed by atoms with van der Waals surface area (Å²) in [6, 6.07) is 13.2. The highest BCUT2D eigenvalue weighted by Gasteiger charge is 2.18. The third kappa shape index (κ3) is 3.86. The molecular weight excluding hydrogens is 346 g/mol. The molecule has 1 amide bonds. The summed E-state index contributed by atoms with van der Waals surface area (Å²) < 4.78 is 7.12. The Labute approximate surface area is 156 Å². The first-order valence-electron chi connectivity index (χ1n) is 8.77. The molecule has 0 spiro atoms. The third-order valence-electron chi connectivity index (χ3n) is 4.67. The Kier molecular flexibility index (Phi) is 4.86. The van der Waals surface area contributed by atoms with Crippen molar-refractivity contribution in [1.82, 2.24) is 9.88 Å². The zero-order valence-corrected chi connectivity index (χ0v) is 15.5. The lowest BCUT2D eigenvalue weighted by Crippen LogP contribution is -2.35. The molecule has 0 saturated carbocycles. The van der Waals surface area contributed by atoms with Crippen molar-refractivity contribution in [3.63, 3.8) is 0 Å². The van der Waals surface area contributed by atoms with Crippen LogP contribution in [0.25, 0.3) is 10.2 Å². The van der Waals surface area contributed by atoms with Gasteiger partial charge in [0.1, 0.15) is 11.9 Å². The molecule has 3 aromatic rings. The molecule has 1 aliphatic rings. The topological polar surface area (TPSA) is 54.5 Å². The first-order chi connectivity index (χ1) is 12.7. The zero-order valence-electron chi connectivity index (χ0n) is 14.6. The Hall–Kier alpha value is -2.44. The van der Waals surface area contributed by atoms with Gasteiger partial charge in [0.05, 0.1) is 15.7 Å². The normalized spacial score (nSPS) is 15.9. The second-order valence-corrected chi connectivity index (χ2v) is 7.52. The number of amides is 1. The molecule has 2 heterocycles. The van der Waals surface area contributed by atoms with Gasteiger partial charge in [-0.25, -0.2) is 4.98 Å². The molecule has 6 heteroatoms. The van der Waals surface area contributed by atoms with Gasteiger partial charge < -0.3 is 15.0 Å². The van der Waals surface area contributed by atoms with E-state index in [1.807, 2.05) is 42.5 Å². The molecule has 4 rings (SSSR count). The Balaban J connectivity index is 1.38. The molecule has 26 heavy (non-hydrogen) atoms. The van der Waals surface area contributed by atoms with Crippen LogP contribution in [0.2, 0.25) is 0 Å². The summed E-state index contributed by atoms with van der Waals surface area (Å²) in [4.78, 5) is 19.0. The van der Waals surface area contributed by atoms with E-state index in [4.69, 9.17) is 4.74 Å². The third-order valence-corrected chi connectivity index (χ3v) is 5.48. The Morgan fingerprint density at radius 2 is 1.96 bits per heavy atom. The number of thiazole rings is 1. The zero-order chi connectivity index (χ0) is 17.9. The van der Waals surface area contributed by atoms with E-state index in [1.165, 1.54) is 0 Å². The lowest BCUT2D eigenvalue weighted by molar-refractivity contribution is 0.102. The van der Waals surface area contributed by atoms with Gasteiger partial charge in [-0.3, -0.25) is 4.79 Å². The van der Waals surface area contributed by atoms with Gasteiger partial charge in [-0.15, -0.1) is 11.3 Å². The summed E-state index contributed by atoms with van der Waals surface area (Å²) in [6.45, 7) is 2.14. The van der Waals surface area contributed by atoms with Gasteiger partial charge in [-0.1, -0.05) is 0 Å². The van der Waals surface area contributed by atoms with Crippen LogP contribution >= 0.6 is 11.3 Å². The second kappa shape index (κ2) is 7.43. The maximum absolute atomic E-state index is 12.4. The molecule has 134 valence electrons. The molecule has 0 radical (unpaired) electrons. The summed E-state index contributed by atoms with van der Waals surface area (Å²) in [5.74, 6) is 0.713. The van der Waals surface area contributed by atoms with Crippen molar-refractivity contribution in [3.8, 4) is 5.75 Å². The number of anilines is 1. The van der Waals surface area contributed by atoms with Crippen molar-refractivity contribution in [2.45, 2.75) is 18.9 Å². The van der Waals surface area contributed by atoms with Gasteiger partial charge >= 0.3 is 0 Å². The highest BCUT2D eigenvalue weighted by molar-refractivity contribution is 7.16. The predicted molar refractivity (Wildman–Crippen MR) is 105 cm³/mol. The lowest BCUT2D eigenvalue weighted by Gasteiger charge is -2.29. The van der Waals surface area contributed by atoms with Crippen molar-refractivity contribution < 1.29 is 9.53 Å². The lowest BCUT2D eigenvalue weighted by atomic mass is 10.1. The van der Waals surface area contributed by atoms with Gasteiger partial charge in [0.15, 0.2) is 0 Å². The molecule has 0 atom stereocenters. The summed E-state index contributed by atoms with van der Waals surface area (Å²) in [7, 11) is 2.14. The quantitative estimate of drug-likeness (QED) is 0.757. The van der Waals surface area contributed by atoms with Crippen molar-refractivity contribution in [3.05, 3.63) is 53.5 Å². The van der Waals surface area contributed by atoms with Crippen LogP contribution in [-0.4, -0.2) is 42.0 Å². The summed E-state index contributed by atoms with van der Waals surface area (Å²) in [5, 5.41) is 2.93. The molecule has 1 aliphatic heterocycles. The Morgan fingerprint density at radius 1 is 1.19 bits per heavy atom. The number of carbonyl (C=O) groups is 1. The van der Waals surface area contributed by atoms with E-state index in [-0.39, 0.29) is 12.0 Å². The van der Waals surface area contributed by atoms with Crippen LogP contribution in [0.5, 0.6) is 5.75 Å². The minimum atomic E-state index is -0.135. The van der Waals surface area contributed by atoms with E-state index in [9.17, 15) is 4.79 Å². The van der Waals surface area contributed by atoms with Crippen molar-refractivity contribution in [2.75, 3.05) is 25.5 Å². The Morgan fingerprint density at radius 3 is 2.73 bits per heavy atom. The van der Waals surface area contributed by atoms with Crippen molar-refractivity contribution >= 4 is 33.1 Å².